The predicted molar refractivity (Wildman–Crippen MR) is 122 cm³/mol. The molecule has 32 heavy (non-hydrogen) atoms. The van der Waals surface area contributed by atoms with Crippen LogP contribution in [0.25, 0.3) is 0 Å². The van der Waals surface area contributed by atoms with Gasteiger partial charge < -0.3 is 28.1 Å². The Hall–Kier alpha value is -0.843. The highest BCUT2D eigenvalue weighted by Gasteiger charge is 2.54. The molecule has 2 rings (SSSR count). The van der Waals surface area contributed by atoms with Crippen molar-refractivity contribution < 1.29 is 37.7 Å². The molecule has 2 saturated heterocycles. The topological polar surface area (TPSA) is 89.5 Å². The van der Waals surface area contributed by atoms with Crippen LogP contribution in [0.3, 0.4) is 0 Å². The van der Waals surface area contributed by atoms with E-state index in [4.69, 9.17) is 28.1 Å². The molecule has 0 radical (unpaired) electrons. The van der Waals surface area contributed by atoms with Crippen LogP contribution in [0.15, 0.2) is 0 Å². The van der Waals surface area contributed by atoms with Crippen molar-refractivity contribution in [3.8, 4) is 0 Å². The molecule has 186 valence electrons. The number of hydrogen-bond donors (Lipinski definition) is 0. The highest BCUT2D eigenvalue weighted by Crippen LogP contribution is 2.42. The minimum atomic E-state index is -2.26. The summed E-state index contributed by atoms with van der Waals surface area (Å²) in [4.78, 5) is 24.7. The standard InChI is InChI=1S/C23H42O8Si/c1-14(2)27-20(25)15(24)12-16-18(30-23(8,9)28-16)19(17-13-26-22(6,7)29-17)31-32(10,11)21(3,4)5/h14,16-19H,12-13H2,1-11H3/t16-,17-,18-,19-/m1/s1. The summed E-state index contributed by atoms with van der Waals surface area (Å²) in [6.45, 7) is 21.8. The molecular formula is C23H42O8Si. The Balaban J connectivity index is 2.33. The Kier molecular flexibility index (Phi) is 8.07. The minimum absolute atomic E-state index is 0.0540. The number of carbonyl (C=O) groups excluding carboxylic acids is 2. The molecule has 0 aromatic heterocycles. The van der Waals surface area contributed by atoms with Crippen LogP contribution in [0.5, 0.6) is 0 Å². The molecule has 2 heterocycles. The van der Waals surface area contributed by atoms with Crippen LogP contribution in [0.4, 0.5) is 0 Å². The van der Waals surface area contributed by atoms with Gasteiger partial charge in [-0.1, -0.05) is 20.8 Å². The van der Waals surface area contributed by atoms with Crippen LogP contribution >= 0.6 is 0 Å². The van der Waals surface area contributed by atoms with Gasteiger partial charge in [0.25, 0.3) is 0 Å². The molecule has 0 aromatic rings. The second-order valence-corrected chi connectivity index (χ2v) is 16.2. The van der Waals surface area contributed by atoms with E-state index in [1.807, 2.05) is 13.8 Å². The fraction of sp³-hybridized carbons (Fsp3) is 0.913. The largest absolute Gasteiger partial charge is 0.457 e. The van der Waals surface area contributed by atoms with Gasteiger partial charge in [0.1, 0.15) is 18.3 Å². The first-order valence-electron chi connectivity index (χ1n) is 11.4. The Labute approximate surface area is 193 Å². The molecule has 0 bridgehead atoms. The maximum Gasteiger partial charge on any atom is 0.374 e. The predicted octanol–water partition coefficient (Wildman–Crippen LogP) is 3.96. The van der Waals surface area contributed by atoms with E-state index < -0.39 is 56.1 Å². The molecule has 4 atom stereocenters. The number of hydrogen-bond acceptors (Lipinski definition) is 8. The molecule has 0 saturated carbocycles. The summed E-state index contributed by atoms with van der Waals surface area (Å²) in [6, 6.07) is 0. The van der Waals surface area contributed by atoms with Gasteiger partial charge in [0.2, 0.25) is 5.78 Å². The summed E-state index contributed by atoms with van der Waals surface area (Å²) >= 11 is 0. The number of rotatable bonds is 8. The molecule has 0 aliphatic carbocycles. The van der Waals surface area contributed by atoms with Crippen molar-refractivity contribution in [2.45, 2.75) is 129 Å². The molecule has 0 N–H and O–H groups in total. The molecular weight excluding hydrogens is 432 g/mol. The quantitative estimate of drug-likeness (QED) is 0.297. The lowest BCUT2D eigenvalue weighted by Gasteiger charge is -2.42. The first kappa shape index (κ1) is 27.4. The van der Waals surface area contributed by atoms with Crippen molar-refractivity contribution in [2.75, 3.05) is 6.61 Å². The van der Waals surface area contributed by atoms with Crippen LogP contribution in [0, 0.1) is 0 Å². The van der Waals surface area contributed by atoms with Gasteiger partial charge in [0, 0.05) is 6.42 Å². The molecule has 2 aliphatic rings. The molecule has 0 amide bonds. The van der Waals surface area contributed by atoms with Crippen LogP contribution in [-0.4, -0.2) is 68.8 Å². The van der Waals surface area contributed by atoms with Crippen molar-refractivity contribution in [3.63, 3.8) is 0 Å². The summed E-state index contributed by atoms with van der Waals surface area (Å²) in [6.07, 6.45) is -2.76. The summed E-state index contributed by atoms with van der Waals surface area (Å²) < 4.78 is 36.2. The Morgan fingerprint density at radius 1 is 1.03 bits per heavy atom. The normalized spacial score (nSPS) is 28.7. The SMILES string of the molecule is CC(C)OC(=O)C(=O)C[C@H]1OC(C)(C)O[C@H]1[C@H](O[Si](C)(C)C(C)(C)C)[C@H]1COC(C)(C)O1. The maximum atomic E-state index is 12.6. The minimum Gasteiger partial charge on any atom is -0.457 e. The van der Waals surface area contributed by atoms with Crippen molar-refractivity contribution in [1.29, 1.82) is 0 Å². The van der Waals surface area contributed by atoms with Crippen molar-refractivity contribution in [2.24, 2.45) is 0 Å². The van der Waals surface area contributed by atoms with E-state index in [0.717, 1.165) is 0 Å². The summed E-state index contributed by atoms with van der Waals surface area (Å²) in [5, 5.41) is -0.0540. The lowest BCUT2D eigenvalue weighted by Crippen LogP contribution is -2.54. The molecule has 2 fully saturated rings. The Morgan fingerprint density at radius 3 is 2.09 bits per heavy atom. The van der Waals surface area contributed by atoms with E-state index in [-0.39, 0.29) is 17.6 Å². The molecule has 0 spiro atoms. The number of Topliss-reactive ketones (excluding diaryl/α,β-unsaturated/α-hetero) is 1. The average molecular weight is 475 g/mol. The molecule has 0 aromatic carbocycles. The third-order valence-electron chi connectivity index (χ3n) is 6.14. The van der Waals surface area contributed by atoms with Crippen molar-refractivity contribution in [3.05, 3.63) is 0 Å². The Bertz CT molecular complexity index is 695. The van der Waals surface area contributed by atoms with Gasteiger partial charge in [-0.2, -0.15) is 0 Å². The van der Waals surface area contributed by atoms with Crippen LogP contribution in [-0.2, 0) is 37.7 Å². The maximum absolute atomic E-state index is 12.6. The van der Waals surface area contributed by atoms with E-state index in [0.29, 0.717) is 6.61 Å². The van der Waals surface area contributed by atoms with Gasteiger partial charge in [-0.05, 0) is 59.7 Å². The first-order valence-corrected chi connectivity index (χ1v) is 14.3. The zero-order chi connectivity index (χ0) is 24.7. The van der Waals surface area contributed by atoms with Crippen molar-refractivity contribution in [1.82, 2.24) is 0 Å². The second-order valence-electron chi connectivity index (χ2n) is 11.4. The van der Waals surface area contributed by atoms with E-state index in [9.17, 15) is 9.59 Å². The summed E-state index contributed by atoms with van der Waals surface area (Å²) in [5.41, 5.74) is 0. The van der Waals surface area contributed by atoms with E-state index in [2.05, 4.69) is 33.9 Å². The van der Waals surface area contributed by atoms with Crippen LogP contribution in [0.1, 0.15) is 68.7 Å². The molecule has 9 heteroatoms. The fourth-order valence-corrected chi connectivity index (χ4v) is 4.91. The monoisotopic (exact) mass is 474 g/mol. The highest BCUT2D eigenvalue weighted by molar-refractivity contribution is 6.74. The number of esters is 1. The van der Waals surface area contributed by atoms with Gasteiger partial charge in [-0.25, -0.2) is 4.79 Å². The smallest absolute Gasteiger partial charge is 0.374 e. The highest BCUT2D eigenvalue weighted by atomic mass is 28.4. The van der Waals surface area contributed by atoms with E-state index in [1.165, 1.54) is 0 Å². The van der Waals surface area contributed by atoms with E-state index in [1.54, 1.807) is 27.7 Å². The third kappa shape index (κ3) is 6.83. The summed E-state index contributed by atoms with van der Waals surface area (Å²) in [7, 11) is -2.26. The average Bonchev–Trinajstić information content (AvgIpc) is 3.09. The van der Waals surface area contributed by atoms with Gasteiger partial charge in [0.05, 0.1) is 18.8 Å². The number of ether oxygens (including phenoxy) is 5. The van der Waals surface area contributed by atoms with Crippen LogP contribution in [0.2, 0.25) is 18.1 Å². The van der Waals surface area contributed by atoms with Crippen LogP contribution < -0.4 is 0 Å². The number of carbonyl (C=O) groups is 2. The second kappa shape index (κ2) is 9.42. The Morgan fingerprint density at radius 2 is 1.62 bits per heavy atom. The lowest BCUT2D eigenvalue weighted by atomic mass is 9.99. The zero-order valence-corrected chi connectivity index (χ0v) is 22.6. The fourth-order valence-electron chi connectivity index (χ4n) is 3.59. The van der Waals surface area contributed by atoms with Crippen molar-refractivity contribution >= 4 is 20.1 Å². The van der Waals surface area contributed by atoms with Gasteiger partial charge in [-0.3, -0.25) is 4.79 Å². The van der Waals surface area contributed by atoms with Gasteiger partial charge in [0.15, 0.2) is 19.9 Å². The molecule has 2 aliphatic heterocycles. The first-order chi connectivity index (χ1) is 14.3. The number of ketones is 1. The third-order valence-corrected chi connectivity index (χ3v) is 10.6. The van der Waals surface area contributed by atoms with Gasteiger partial charge >= 0.3 is 5.97 Å². The molecule has 8 nitrogen and oxygen atoms in total. The van der Waals surface area contributed by atoms with Gasteiger partial charge in [-0.15, -0.1) is 0 Å². The summed E-state index contributed by atoms with van der Waals surface area (Å²) in [5.74, 6) is -3.21. The zero-order valence-electron chi connectivity index (χ0n) is 21.6. The lowest BCUT2D eigenvalue weighted by molar-refractivity contribution is -0.176. The van der Waals surface area contributed by atoms with E-state index >= 15 is 0 Å². The molecule has 0 unspecified atom stereocenters.